The molecule has 39 heavy (non-hydrogen) atoms. The van der Waals surface area contributed by atoms with Crippen molar-refractivity contribution in [3.05, 3.63) is 64.7 Å². The minimum absolute atomic E-state index is 0.0960. The van der Waals surface area contributed by atoms with Crippen molar-refractivity contribution < 1.29 is 19.1 Å². The van der Waals surface area contributed by atoms with E-state index < -0.39 is 23.8 Å². The molecule has 0 bridgehead atoms. The van der Waals surface area contributed by atoms with Gasteiger partial charge in [0.15, 0.2) is 0 Å². The normalized spacial score (nSPS) is 15.1. The van der Waals surface area contributed by atoms with Crippen molar-refractivity contribution >= 4 is 35.4 Å². The van der Waals surface area contributed by atoms with Crippen LogP contribution in [0.25, 0.3) is 0 Å². The molecular weight excluding hydrogens is 510 g/mol. The standard InChI is InChI=1S/C31H43N3O4S/c1-20-12-8-9-17-24(20)32-28(35)27(26-21(2)13-10-14-22(26)3)34(23-15-11-16-23)29(36)25(18-19-39-7)33-30(37)38-31(4,5)6/h8-10,12-14,17,23,25,27H,11,15-16,18-19H2,1-7H3,(H,32,35)(H,33,37). The van der Waals surface area contributed by atoms with Crippen molar-refractivity contribution in [2.24, 2.45) is 0 Å². The molecule has 1 saturated carbocycles. The number of alkyl carbamates (subject to hydrolysis) is 1. The molecule has 1 aliphatic carbocycles. The van der Waals surface area contributed by atoms with Crippen LogP contribution in [-0.4, -0.2) is 52.5 Å². The second kappa shape index (κ2) is 13.4. The number of carbonyl (C=O) groups excluding carboxylic acids is 3. The van der Waals surface area contributed by atoms with Gasteiger partial charge in [-0.1, -0.05) is 36.4 Å². The Morgan fingerprint density at radius 3 is 2.15 bits per heavy atom. The van der Waals surface area contributed by atoms with Gasteiger partial charge in [-0.2, -0.15) is 11.8 Å². The van der Waals surface area contributed by atoms with Crippen molar-refractivity contribution in [1.29, 1.82) is 0 Å². The van der Waals surface area contributed by atoms with Crippen LogP contribution in [0.5, 0.6) is 0 Å². The highest BCUT2D eigenvalue weighted by molar-refractivity contribution is 7.98. The maximum absolute atomic E-state index is 14.4. The molecule has 7 nitrogen and oxygen atoms in total. The van der Waals surface area contributed by atoms with E-state index in [1.807, 2.05) is 69.5 Å². The zero-order chi connectivity index (χ0) is 28.7. The minimum atomic E-state index is -0.846. The first-order valence-electron chi connectivity index (χ1n) is 13.7. The lowest BCUT2D eigenvalue weighted by atomic mass is 9.86. The molecule has 2 aromatic carbocycles. The molecule has 212 valence electrons. The van der Waals surface area contributed by atoms with Crippen LogP contribution >= 0.6 is 11.8 Å². The van der Waals surface area contributed by atoms with E-state index in [0.29, 0.717) is 17.9 Å². The average molecular weight is 554 g/mol. The van der Waals surface area contributed by atoms with Gasteiger partial charge in [0.25, 0.3) is 5.91 Å². The highest BCUT2D eigenvalue weighted by atomic mass is 32.2. The number of rotatable bonds is 10. The van der Waals surface area contributed by atoms with Crippen molar-refractivity contribution in [1.82, 2.24) is 10.2 Å². The molecule has 2 aromatic rings. The first-order chi connectivity index (χ1) is 18.4. The minimum Gasteiger partial charge on any atom is -0.444 e. The lowest BCUT2D eigenvalue weighted by molar-refractivity contribution is -0.145. The smallest absolute Gasteiger partial charge is 0.408 e. The molecule has 0 radical (unpaired) electrons. The molecule has 0 spiro atoms. The summed E-state index contributed by atoms with van der Waals surface area (Å²) in [6.07, 6.45) is 4.37. The molecule has 8 heteroatoms. The van der Waals surface area contributed by atoms with Crippen LogP contribution in [0.3, 0.4) is 0 Å². The summed E-state index contributed by atoms with van der Waals surface area (Å²) < 4.78 is 5.49. The summed E-state index contributed by atoms with van der Waals surface area (Å²) in [6.45, 7) is 11.3. The Balaban J connectivity index is 2.07. The van der Waals surface area contributed by atoms with Crippen molar-refractivity contribution in [2.75, 3.05) is 17.3 Å². The van der Waals surface area contributed by atoms with Crippen LogP contribution in [0.15, 0.2) is 42.5 Å². The molecule has 0 heterocycles. The van der Waals surface area contributed by atoms with Crippen molar-refractivity contribution in [2.45, 2.75) is 91.0 Å². The molecule has 0 aliphatic heterocycles. The number of para-hydroxylation sites is 1. The van der Waals surface area contributed by atoms with Gasteiger partial charge in [0.1, 0.15) is 17.7 Å². The molecular formula is C31H43N3O4S. The molecule has 1 aliphatic rings. The predicted molar refractivity (Wildman–Crippen MR) is 159 cm³/mol. The molecule has 2 N–H and O–H groups in total. The average Bonchev–Trinajstić information content (AvgIpc) is 2.81. The molecule has 3 amide bonds. The first-order valence-corrected chi connectivity index (χ1v) is 15.1. The van der Waals surface area contributed by atoms with E-state index in [4.69, 9.17) is 4.74 Å². The molecule has 0 saturated heterocycles. The molecule has 2 unspecified atom stereocenters. The number of nitrogens with zero attached hydrogens (tertiary/aromatic N) is 1. The quantitative estimate of drug-likeness (QED) is 0.360. The number of aryl methyl sites for hydroxylation is 3. The molecule has 2 atom stereocenters. The van der Waals surface area contributed by atoms with Crippen LogP contribution in [-0.2, 0) is 14.3 Å². The fraction of sp³-hybridized carbons (Fsp3) is 0.516. The number of amides is 3. The number of hydrogen-bond donors (Lipinski definition) is 2. The Labute approximate surface area is 237 Å². The zero-order valence-corrected chi connectivity index (χ0v) is 25.1. The summed E-state index contributed by atoms with van der Waals surface area (Å²) in [5.41, 5.74) is 3.67. The summed E-state index contributed by atoms with van der Waals surface area (Å²) >= 11 is 1.60. The Kier molecular flexibility index (Phi) is 10.5. The number of carbonyl (C=O) groups is 3. The van der Waals surface area contributed by atoms with Crippen LogP contribution in [0.2, 0.25) is 0 Å². The van der Waals surface area contributed by atoms with Gasteiger partial charge in [0.2, 0.25) is 5.91 Å². The van der Waals surface area contributed by atoms with E-state index >= 15 is 0 Å². The second-order valence-electron chi connectivity index (χ2n) is 11.3. The monoisotopic (exact) mass is 553 g/mol. The predicted octanol–water partition coefficient (Wildman–Crippen LogP) is 6.32. The fourth-order valence-electron chi connectivity index (χ4n) is 4.88. The van der Waals surface area contributed by atoms with E-state index in [-0.39, 0.29) is 17.9 Å². The Morgan fingerprint density at radius 2 is 1.62 bits per heavy atom. The van der Waals surface area contributed by atoms with Crippen molar-refractivity contribution in [3.8, 4) is 0 Å². The summed E-state index contributed by atoms with van der Waals surface area (Å²) in [6, 6.07) is 11.8. The van der Waals surface area contributed by atoms with Crippen LogP contribution < -0.4 is 10.6 Å². The van der Waals surface area contributed by atoms with Crippen LogP contribution in [0.4, 0.5) is 10.5 Å². The molecule has 3 rings (SSSR count). The van der Waals surface area contributed by atoms with Gasteiger partial charge in [-0.25, -0.2) is 4.79 Å². The van der Waals surface area contributed by atoms with Gasteiger partial charge in [0, 0.05) is 11.7 Å². The van der Waals surface area contributed by atoms with E-state index in [2.05, 4.69) is 10.6 Å². The lowest BCUT2D eigenvalue weighted by Gasteiger charge is -2.44. The Morgan fingerprint density at radius 1 is 1.00 bits per heavy atom. The number of ether oxygens (including phenoxy) is 1. The number of nitrogens with one attached hydrogen (secondary N) is 2. The van der Waals surface area contributed by atoms with Crippen LogP contribution in [0.1, 0.15) is 74.8 Å². The topological polar surface area (TPSA) is 87.7 Å². The second-order valence-corrected chi connectivity index (χ2v) is 12.3. The van der Waals surface area contributed by atoms with Gasteiger partial charge in [-0.3, -0.25) is 9.59 Å². The van der Waals surface area contributed by atoms with Gasteiger partial charge >= 0.3 is 6.09 Å². The Bertz CT molecular complexity index is 1150. The maximum Gasteiger partial charge on any atom is 0.408 e. The van der Waals surface area contributed by atoms with Crippen molar-refractivity contribution in [3.63, 3.8) is 0 Å². The third kappa shape index (κ3) is 8.01. The number of anilines is 1. The summed E-state index contributed by atoms with van der Waals surface area (Å²) in [4.78, 5) is 43.1. The molecule has 0 aromatic heterocycles. The number of thioether (sulfide) groups is 1. The lowest BCUT2D eigenvalue weighted by Crippen LogP contribution is -2.57. The van der Waals surface area contributed by atoms with Gasteiger partial charge < -0.3 is 20.3 Å². The van der Waals surface area contributed by atoms with E-state index in [1.165, 1.54) is 0 Å². The summed E-state index contributed by atoms with van der Waals surface area (Å²) in [7, 11) is 0. The zero-order valence-electron chi connectivity index (χ0n) is 24.3. The summed E-state index contributed by atoms with van der Waals surface area (Å²) in [5.74, 6) is 0.156. The first kappa shape index (κ1) is 30.5. The third-order valence-corrected chi connectivity index (χ3v) is 7.71. The van der Waals surface area contributed by atoms with Gasteiger partial charge in [0.05, 0.1) is 0 Å². The SMILES string of the molecule is CSCCC(NC(=O)OC(C)(C)C)C(=O)N(C1CCC1)C(C(=O)Nc1ccccc1C)c1c(C)cccc1C. The largest absolute Gasteiger partial charge is 0.444 e. The molecule has 1 fully saturated rings. The van der Waals surface area contributed by atoms with E-state index in [1.54, 1.807) is 37.4 Å². The van der Waals surface area contributed by atoms with E-state index in [0.717, 1.165) is 41.5 Å². The summed E-state index contributed by atoms with van der Waals surface area (Å²) in [5, 5.41) is 5.93. The highest BCUT2D eigenvalue weighted by Gasteiger charge is 2.43. The highest BCUT2D eigenvalue weighted by Crippen LogP contribution is 2.37. The fourth-order valence-corrected chi connectivity index (χ4v) is 5.35. The maximum atomic E-state index is 14.4. The van der Waals surface area contributed by atoms with Gasteiger partial charge in [-0.05, 0) is 108 Å². The number of benzene rings is 2. The Hall–Kier alpha value is -3.00. The third-order valence-electron chi connectivity index (χ3n) is 7.07. The van der Waals surface area contributed by atoms with E-state index in [9.17, 15) is 14.4 Å². The van der Waals surface area contributed by atoms with Gasteiger partial charge in [-0.15, -0.1) is 0 Å². The number of hydrogen-bond acceptors (Lipinski definition) is 5. The van der Waals surface area contributed by atoms with Crippen LogP contribution in [0, 0.1) is 20.8 Å².